The average molecular weight is 193 g/mol. The van der Waals surface area contributed by atoms with E-state index in [1.54, 1.807) is 6.07 Å². The minimum atomic E-state index is -0.494. The maximum absolute atomic E-state index is 10.2. The molecule has 0 aliphatic rings. The number of nitro groups is 1. The molecule has 0 aliphatic heterocycles. The van der Waals surface area contributed by atoms with Crippen LogP contribution in [0, 0.1) is 17.0 Å². The van der Waals surface area contributed by atoms with E-state index in [0.29, 0.717) is 5.75 Å². The van der Waals surface area contributed by atoms with Crippen molar-refractivity contribution in [2.24, 2.45) is 0 Å². The minimum absolute atomic E-state index is 0.494. The van der Waals surface area contributed by atoms with E-state index in [1.165, 1.54) is 13.2 Å². The average Bonchev–Trinajstić information content (AvgIpc) is 2.15. The Morgan fingerprint density at radius 3 is 2.79 bits per heavy atom. The van der Waals surface area contributed by atoms with Gasteiger partial charge in [-0.1, -0.05) is 12.1 Å². The van der Waals surface area contributed by atoms with Crippen LogP contribution in [0.3, 0.4) is 0 Å². The Morgan fingerprint density at radius 2 is 2.21 bits per heavy atom. The zero-order valence-electron chi connectivity index (χ0n) is 8.06. The fraction of sp³-hybridized carbons (Fsp3) is 0.200. The van der Waals surface area contributed by atoms with Gasteiger partial charge in [0, 0.05) is 11.6 Å². The zero-order chi connectivity index (χ0) is 10.6. The Labute approximate surface area is 82.0 Å². The van der Waals surface area contributed by atoms with Gasteiger partial charge in [-0.05, 0) is 18.6 Å². The highest BCUT2D eigenvalue weighted by atomic mass is 16.6. The van der Waals surface area contributed by atoms with Crippen molar-refractivity contribution in [1.29, 1.82) is 0 Å². The van der Waals surface area contributed by atoms with E-state index in [2.05, 4.69) is 0 Å². The molecule has 0 heterocycles. The molecule has 4 nitrogen and oxygen atoms in total. The fourth-order valence-electron chi connectivity index (χ4n) is 1.18. The molecule has 0 amide bonds. The van der Waals surface area contributed by atoms with Crippen molar-refractivity contribution in [3.8, 4) is 5.75 Å². The van der Waals surface area contributed by atoms with Crippen LogP contribution in [0.5, 0.6) is 5.75 Å². The summed E-state index contributed by atoms with van der Waals surface area (Å²) in [5, 5.41) is 10.2. The van der Waals surface area contributed by atoms with Gasteiger partial charge in [-0.15, -0.1) is 0 Å². The summed E-state index contributed by atoms with van der Waals surface area (Å²) in [4.78, 5) is 9.67. The summed E-state index contributed by atoms with van der Waals surface area (Å²) >= 11 is 0. The molecule has 0 unspecified atom stereocenters. The predicted octanol–water partition coefficient (Wildman–Crippen LogP) is 2.25. The summed E-state index contributed by atoms with van der Waals surface area (Å²) < 4.78 is 5.08. The molecule has 0 N–H and O–H groups in total. The lowest BCUT2D eigenvalue weighted by atomic mass is 10.1. The topological polar surface area (TPSA) is 52.4 Å². The molecule has 0 aromatic heterocycles. The summed E-state index contributed by atoms with van der Waals surface area (Å²) in [5.74, 6) is 0.642. The van der Waals surface area contributed by atoms with Crippen LogP contribution in [0.1, 0.15) is 11.1 Å². The van der Waals surface area contributed by atoms with Gasteiger partial charge >= 0.3 is 0 Å². The van der Waals surface area contributed by atoms with Crippen LogP contribution in [-0.4, -0.2) is 12.0 Å². The van der Waals surface area contributed by atoms with Crippen LogP contribution in [0.25, 0.3) is 6.08 Å². The van der Waals surface area contributed by atoms with Crippen LogP contribution in [-0.2, 0) is 0 Å². The number of ether oxygens (including phenoxy) is 1. The molecule has 0 saturated heterocycles. The van der Waals surface area contributed by atoms with Gasteiger partial charge in [-0.25, -0.2) is 0 Å². The van der Waals surface area contributed by atoms with Crippen molar-refractivity contribution in [3.05, 3.63) is 45.6 Å². The first-order valence-corrected chi connectivity index (χ1v) is 4.10. The van der Waals surface area contributed by atoms with Crippen LogP contribution in [0.4, 0.5) is 0 Å². The number of nitrogens with zero attached hydrogens (tertiary/aromatic N) is 1. The van der Waals surface area contributed by atoms with E-state index in [0.717, 1.165) is 17.3 Å². The van der Waals surface area contributed by atoms with Gasteiger partial charge in [0.2, 0.25) is 6.20 Å². The summed E-state index contributed by atoms with van der Waals surface area (Å²) in [5.41, 5.74) is 1.69. The van der Waals surface area contributed by atoms with Crippen molar-refractivity contribution >= 4 is 6.08 Å². The van der Waals surface area contributed by atoms with Gasteiger partial charge in [0.05, 0.1) is 12.0 Å². The highest BCUT2D eigenvalue weighted by Crippen LogP contribution is 2.22. The Bertz CT molecular complexity index is 372. The Morgan fingerprint density at radius 1 is 1.50 bits per heavy atom. The first kappa shape index (κ1) is 10.2. The van der Waals surface area contributed by atoms with Crippen molar-refractivity contribution in [3.63, 3.8) is 0 Å². The van der Waals surface area contributed by atoms with Crippen molar-refractivity contribution < 1.29 is 9.66 Å². The SMILES string of the molecule is COc1cccc(C)c1/C=C/[N+](=O)[O-]. The third-order valence-electron chi connectivity index (χ3n) is 1.87. The number of rotatable bonds is 3. The predicted molar refractivity (Wildman–Crippen MR) is 53.8 cm³/mol. The van der Waals surface area contributed by atoms with Gasteiger partial charge in [-0.2, -0.15) is 0 Å². The molecule has 1 aromatic carbocycles. The second-order valence-electron chi connectivity index (χ2n) is 2.79. The highest BCUT2D eigenvalue weighted by Gasteiger charge is 2.03. The molecule has 1 rings (SSSR count). The Hall–Kier alpha value is -1.84. The molecule has 0 bridgehead atoms. The lowest BCUT2D eigenvalue weighted by molar-refractivity contribution is -0.400. The standard InChI is InChI=1S/C10H11NO3/c1-8-4-3-5-10(14-2)9(8)6-7-11(12)13/h3-7H,1-2H3/b7-6+. The number of aryl methyl sites for hydroxylation is 1. The third-order valence-corrected chi connectivity index (χ3v) is 1.87. The van der Waals surface area contributed by atoms with E-state index >= 15 is 0 Å². The fourth-order valence-corrected chi connectivity index (χ4v) is 1.18. The van der Waals surface area contributed by atoms with E-state index in [-0.39, 0.29) is 0 Å². The third kappa shape index (κ3) is 2.32. The molecule has 4 heteroatoms. The quantitative estimate of drug-likeness (QED) is 0.546. The first-order valence-electron chi connectivity index (χ1n) is 4.10. The molecule has 14 heavy (non-hydrogen) atoms. The molecule has 0 fully saturated rings. The van der Waals surface area contributed by atoms with Gasteiger partial charge in [0.1, 0.15) is 5.75 Å². The molecule has 1 aromatic rings. The van der Waals surface area contributed by atoms with E-state index in [9.17, 15) is 10.1 Å². The van der Waals surface area contributed by atoms with Crippen molar-refractivity contribution in [2.75, 3.05) is 7.11 Å². The lowest BCUT2D eigenvalue weighted by Gasteiger charge is -2.05. The molecular weight excluding hydrogens is 182 g/mol. The second kappa shape index (κ2) is 4.41. The van der Waals surface area contributed by atoms with Crippen LogP contribution >= 0.6 is 0 Å². The van der Waals surface area contributed by atoms with E-state index in [4.69, 9.17) is 4.74 Å². The zero-order valence-corrected chi connectivity index (χ0v) is 8.06. The summed E-state index contributed by atoms with van der Waals surface area (Å²) in [6.07, 6.45) is 2.35. The van der Waals surface area contributed by atoms with Crippen LogP contribution < -0.4 is 4.74 Å². The van der Waals surface area contributed by atoms with Crippen molar-refractivity contribution in [1.82, 2.24) is 0 Å². The van der Waals surface area contributed by atoms with E-state index < -0.39 is 4.92 Å². The maximum Gasteiger partial charge on any atom is 0.235 e. The van der Waals surface area contributed by atoms with Gasteiger partial charge in [-0.3, -0.25) is 10.1 Å². The smallest absolute Gasteiger partial charge is 0.235 e. The summed E-state index contributed by atoms with van der Waals surface area (Å²) in [6, 6.07) is 5.49. The largest absolute Gasteiger partial charge is 0.496 e. The normalized spacial score (nSPS) is 10.4. The monoisotopic (exact) mass is 193 g/mol. The van der Waals surface area contributed by atoms with E-state index in [1.807, 2.05) is 19.1 Å². The van der Waals surface area contributed by atoms with Gasteiger partial charge in [0.25, 0.3) is 0 Å². The van der Waals surface area contributed by atoms with Crippen LogP contribution in [0.2, 0.25) is 0 Å². The summed E-state index contributed by atoms with van der Waals surface area (Å²) in [6.45, 7) is 1.88. The molecule has 74 valence electrons. The minimum Gasteiger partial charge on any atom is -0.496 e. The number of hydrogen-bond acceptors (Lipinski definition) is 3. The molecule has 0 atom stereocenters. The van der Waals surface area contributed by atoms with Crippen LogP contribution in [0.15, 0.2) is 24.4 Å². The number of hydrogen-bond donors (Lipinski definition) is 0. The number of methoxy groups -OCH3 is 1. The molecule has 0 saturated carbocycles. The van der Waals surface area contributed by atoms with Gasteiger partial charge in [0.15, 0.2) is 0 Å². The highest BCUT2D eigenvalue weighted by molar-refractivity contribution is 5.60. The first-order chi connectivity index (χ1) is 6.65. The molecule has 0 radical (unpaired) electrons. The number of benzene rings is 1. The maximum atomic E-state index is 10.2. The second-order valence-corrected chi connectivity index (χ2v) is 2.79. The summed E-state index contributed by atoms with van der Waals surface area (Å²) in [7, 11) is 1.54. The Balaban J connectivity index is 3.11. The molecule has 0 spiro atoms. The molecular formula is C10H11NO3. The van der Waals surface area contributed by atoms with Gasteiger partial charge < -0.3 is 4.74 Å². The van der Waals surface area contributed by atoms with Crippen molar-refractivity contribution in [2.45, 2.75) is 6.92 Å². The Kier molecular flexibility index (Phi) is 3.23. The molecule has 0 aliphatic carbocycles. The lowest BCUT2D eigenvalue weighted by Crippen LogP contribution is -1.90.